The molecule has 0 saturated heterocycles. The molecule has 4 aliphatic carbocycles. The Kier molecular flexibility index (Phi) is 13.7. The van der Waals surface area contributed by atoms with E-state index in [1.807, 2.05) is 48.5 Å². The monoisotopic (exact) mass is 1260 g/mol. The van der Waals surface area contributed by atoms with Gasteiger partial charge in [-0.1, -0.05) is 205 Å². The maximum atomic E-state index is 15.8. The van der Waals surface area contributed by atoms with Crippen molar-refractivity contribution in [2.24, 2.45) is 0 Å². The molecule has 100 heavy (non-hydrogen) atoms. The number of carbonyl (C=O) groups is 1. The summed E-state index contributed by atoms with van der Waals surface area (Å²) in [5.41, 5.74) is 32.2. The van der Waals surface area contributed by atoms with Gasteiger partial charge in [0.2, 0.25) is 0 Å². The highest BCUT2D eigenvalue weighted by Crippen LogP contribution is 2.45. The van der Waals surface area contributed by atoms with Crippen molar-refractivity contribution in [2.45, 2.75) is 0 Å². The van der Waals surface area contributed by atoms with E-state index >= 15 is 4.79 Å². The Labute approximate surface area is 579 Å². The van der Waals surface area contributed by atoms with Gasteiger partial charge in [0.05, 0.1) is 50.1 Å². The van der Waals surface area contributed by atoms with Gasteiger partial charge in [-0.25, -0.2) is 0 Å². The van der Waals surface area contributed by atoms with E-state index in [0.29, 0.717) is 11.1 Å². The zero-order valence-corrected chi connectivity index (χ0v) is 54.1. The minimum absolute atomic E-state index is 0.0239. The van der Waals surface area contributed by atoms with E-state index < -0.39 is 0 Å². The van der Waals surface area contributed by atoms with Crippen molar-refractivity contribution in [3.05, 3.63) is 438 Å². The van der Waals surface area contributed by atoms with Crippen molar-refractivity contribution < 1.29 is 4.79 Å². The Morgan fingerprint density at radius 2 is 0.860 bits per heavy atom. The van der Waals surface area contributed by atoms with E-state index in [4.69, 9.17) is 0 Å². The molecule has 0 N–H and O–H groups in total. The summed E-state index contributed by atoms with van der Waals surface area (Å²) in [7, 11) is 0. The first kappa shape index (κ1) is 57.6. The van der Waals surface area contributed by atoms with E-state index in [1.54, 1.807) is 0 Å². The summed E-state index contributed by atoms with van der Waals surface area (Å²) in [4.78, 5) is 15.8. The third-order valence-electron chi connectivity index (χ3n) is 20.0. The lowest BCUT2D eigenvalue weighted by Crippen LogP contribution is -2.30. The van der Waals surface area contributed by atoms with Crippen LogP contribution < -0.4 is 20.9 Å². The van der Waals surface area contributed by atoms with Crippen molar-refractivity contribution in [3.63, 3.8) is 0 Å². The van der Waals surface area contributed by atoms with Crippen LogP contribution in [-0.4, -0.2) is 5.78 Å². The van der Waals surface area contributed by atoms with Crippen LogP contribution >= 0.6 is 0 Å². The topological polar surface area (TPSA) is 17.1 Å². The average Bonchev–Trinajstić information content (AvgIpc) is 0.743. The number of carbonyl (C=O) groups excluding carboxylic acids is 1. The molecule has 0 fully saturated rings. The largest absolute Gasteiger partial charge is 0.289 e. The number of allylic oxidation sites excluding steroid dienone is 6. The third-order valence-corrected chi connectivity index (χ3v) is 20.0. The predicted molar refractivity (Wildman–Crippen MR) is 414 cm³/mol. The van der Waals surface area contributed by atoms with Crippen molar-refractivity contribution in [2.75, 3.05) is 0 Å². The first-order chi connectivity index (χ1) is 49.5. The van der Waals surface area contributed by atoms with Gasteiger partial charge in [0.1, 0.15) is 11.5 Å². The molecule has 0 spiro atoms. The smallest absolute Gasteiger partial charge is 0.195 e. The van der Waals surface area contributed by atoms with Crippen LogP contribution in [0.4, 0.5) is 0 Å². The summed E-state index contributed by atoms with van der Waals surface area (Å²) in [5.74, 6) is 15.8. The van der Waals surface area contributed by atoms with Crippen LogP contribution in [0.3, 0.4) is 0 Å². The molecule has 0 atom stereocenters. The van der Waals surface area contributed by atoms with Crippen LogP contribution in [0.25, 0.3) is 110 Å². The second kappa shape index (κ2) is 23.8. The standard InChI is InChI=1S/C99H54O/c100-99(97-76-35-11-5-29-70(76)60-71-30-6-12-36-77(71)97)98-91-47-23-21-41-82(91)90(83-42-22-24-48-92(83)98)54-51-65-56-63(49-52-88-78-37-13-17-43-84(78)95(85-44-18-14-38-79(85)88)61-93-72-31-7-1-25-66(72)58-67-26-2-8-32-73(67)93)55-64(57-65)50-53-89-80-39-15-19-45-86(80)96(87-46-20-16-40-81(87)89)62-94-74-33-9-3-27-68(74)59-69-28-4-10-34-75(69)94/h1-48,55-60H. The molecule has 0 radical (unpaired) electrons. The van der Waals surface area contributed by atoms with Gasteiger partial charge in [-0.05, 0) is 183 Å². The number of benzene rings is 15. The van der Waals surface area contributed by atoms with Gasteiger partial charge in [-0.3, -0.25) is 4.79 Å². The Morgan fingerprint density at radius 3 is 1.46 bits per heavy atom. The highest BCUT2D eigenvalue weighted by molar-refractivity contribution is 6.32. The summed E-state index contributed by atoms with van der Waals surface area (Å²) in [6, 6.07) is 97.6. The maximum absolute atomic E-state index is 15.8. The number of fused-ring (bicyclic) bond motifs is 12. The normalized spacial score (nSPS) is 13.0. The minimum Gasteiger partial charge on any atom is -0.289 e. The van der Waals surface area contributed by atoms with Crippen LogP contribution in [0.2, 0.25) is 0 Å². The first-order valence-electron chi connectivity index (χ1n) is 33.8. The maximum Gasteiger partial charge on any atom is 0.195 e. The molecule has 456 valence electrons. The number of hydrogen-bond acceptors (Lipinski definition) is 1. The Hall–Kier alpha value is -13.8. The fraction of sp³-hybridized carbons (Fsp3) is 0. The zero-order chi connectivity index (χ0) is 66.2. The van der Waals surface area contributed by atoms with Gasteiger partial charge in [0.25, 0.3) is 0 Å². The molecule has 19 rings (SSSR count). The van der Waals surface area contributed by atoms with Crippen molar-refractivity contribution in [1.29, 1.82) is 0 Å². The lowest BCUT2D eigenvalue weighted by molar-refractivity contribution is 0.104. The van der Waals surface area contributed by atoms with Gasteiger partial charge in [0.15, 0.2) is 5.78 Å². The summed E-state index contributed by atoms with van der Waals surface area (Å²) < 4.78 is 0. The molecule has 1 nitrogen and oxygen atoms in total. The van der Waals surface area contributed by atoms with Crippen LogP contribution in [0.15, 0.2) is 325 Å². The van der Waals surface area contributed by atoms with Crippen molar-refractivity contribution >= 4 is 116 Å². The van der Waals surface area contributed by atoms with E-state index in [9.17, 15) is 0 Å². The number of rotatable bonds is 2. The van der Waals surface area contributed by atoms with Crippen LogP contribution in [0.1, 0.15) is 71.6 Å². The molecule has 4 aliphatic rings. The average molecular weight is 1260 g/mol. The second-order valence-electron chi connectivity index (χ2n) is 25.7. The molecule has 1 heteroatoms. The quantitative estimate of drug-likeness (QED) is 0.0554. The van der Waals surface area contributed by atoms with E-state index in [2.05, 4.69) is 327 Å². The van der Waals surface area contributed by atoms with E-state index in [0.717, 1.165) is 164 Å². The van der Waals surface area contributed by atoms with Gasteiger partial charge in [0, 0.05) is 51.6 Å². The van der Waals surface area contributed by atoms with Gasteiger partial charge >= 0.3 is 0 Å². The van der Waals surface area contributed by atoms with Crippen molar-refractivity contribution in [3.8, 4) is 23.7 Å². The van der Waals surface area contributed by atoms with E-state index in [1.165, 1.54) is 22.1 Å². The van der Waals surface area contributed by atoms with Crippen LogP contribution in [0, 0.1) is 48.9 Å². The molecular weight excluding hydrogens is 1210 g/mol. The molecule has 0 heterocycles. The van der Waals surface area contributed by atoms with Gasteiger partial charge < -0.3 is 0 Å². The zero-order valence-electron chi connectivity index (χ0n) is 54.1. The minimum atomic E-state index is -0.0239. The Bertz CT molecular complexity index is 6620. The molecular formula is C99H54O. The van der Waals surface area contributed by atoms with Gasteiger partial charge in [-0.2, -0.15) is 36.3 Å². The molecule has 15 aromatic rings. The lowest BCUT2D eigenvalue weighted by atomic mass is 9.75. The highest BCUT2D eigenvalue weighted by Gasteiger charge is 2.35. The molecule has 0 aromatic heterocycles. The third kappa shape index (κ3) is 9.70. The summed E-state index contributed by atoms with van der Waals surface area (Å²) in [5, 5.41) is 18.1. The Balaban J connectivity index is 0.821. The highest BCUT2D eigenvalue weighted by atomic mass is 16.1. The summed E-state index contributed by atoms with van der Waals surface area (Å²) in [6.45, 7) is 0. The van der Waals surface area contributed by atoms with Gasteiger partial charge in [-0.15, -0.1) is 34.6 Å². The molecule has 0 aliphatic heterocycles. The van der Waals surface area contributed by atoms with Crippen LogP contribution in [0.5, 0.6) is 0 Å². The fourth-order valence-electron chi connectivity index (χ4n) is 15.5. The second-order valence-corrected chi connectivity index (χ2v) is 25.7. The fourth-order valence-corrected chi connectivity index (χ4v) is 15.5. The SMILES string of the molecule is O=C(c1c2ccccc2cc2ccccc12)c1c2ccccc2c(C#CC2=CC(C#C[C+]3c4ccccc4C(=C=C4c5ccccc5[CH+]c5ccccc54)c4ccccc43)=CC(=C=C=c3c4ccccc4c(=C=c4c5c(cc6ccccc46)C=C[CH-]C=5)c4ccccc34)[CH-]2)c2ccccc12. The molecule has 0 unspecified atom stereocenters. The number of ketones is 1. The van der Waals surface area contributed by atoms with E-state index in [-0.39, 0.29) is 5.78 Å². The molecule has 0 saturated carbocycles. The number of hydrogen-bond donors (Lipinski definition) is 0. The summed E-state index contributed by atoms with van der Waals surface area (Å²) in [6.07, 6.45) is 17.2. The molecule has 0 bridgehead atoms. The molecule has 15 aromatic carbocycles. The molecule has 0 amide bonds. The predicted octanol–water partition coefficient (Wildman–Crippen LogP) is 19.4. The first-order valence-corrected chi connectivity index (χ1v) is 33.8. The lowest BCUT2D eigenvalue weighted by Gasteiger charge is -2.21. The summed E-state index contributed by atoms with van der Waals surface area (Å²) >= 11 is 0. The van der Waals surface area contributed by atoms with Crippen molar-refractivity contribution in [1.82, 2.24) is 0 Å². The van der Waals surface area contributed by atoms with Crippen LogP contribution in [-0.2, 0) is 0 Å². The Morgan fingerprint density at radius 1 is 0.390 bits per heavy atom.